The van der Waals surface area contributed by atoms with Crippen molar-refractivity contribution < 1.29 is 14.0 Å². The van der Waals surface area contributed by atoms with E-state index in [9.17, 15) is 14.0 Å². The summed E-state index contributed by atoms with van der Waals surface area (Å²) < 4.78 is 15.1. The maximum Gasteiger partial charge on any atom is 0.272 e. The Kier molecular flexibility index (Phi) is 3.76. The molecule has 0 bridgehead atoms. The molecule has 104 valence electrons. The van der Waals surface area contributed by atoms with Crippen molar-refractivity contribution in [1.82, 2.24) is 4.57 Å². The lowest BCUT2D eigenvalue weighted by atomic mass is 10.2. The Balaban J connectivity index is 2.30. The van der Waals surface area contributed by atoms with E-state index in [0.717, 1.165) is 6.07 Å². The van der Waals surface area contributed by atoms with Crippen LogP contribution in [0.15, 0.2) is 30.5 Å². The number of anilines is 1. The first-order valence-corrected chi connectivity index (χ1v) is 5.99. The summed E-state index contributed by atoms with van der Waals surface area (Å²) in [6.45, 7) is 0. The fraction of sp³-hybridized carbons (Fsp3) is 0.0769. The van der Waals surface area contributed by atoms with Crippen molar-refractivity contribution in [3.8, 4) is 0 Å². The standard InChI is InChI=1S/C13H11ClFN3O2/c1-18-6-8(14)5-11(18)13(20)17-10-4-7(12(16)19)2-3-9(10)15/h2-6H,1H3,(H2,16,19)(H,17,20). The molecule has 2 amide bonds. The summed E-state index contributed by atoms with van der Waals surface area (Å²) in [6, 6.07) is 4.94. The zero-order valence-corrected chi connectivity index (χ0v) is 11.2. The van der Waals surface area contributed by atoms with Crippen molar-refractivity contribution in [3.63, 3.8) is 0 Å². The van der Waals surface area contributed by atoms with Crippen LogP contribution >= 0.6 is 11.6 Å². The predicted molar refractivity (Wildman–Crippen MR) is 73.3 cm³/mol. The van der Waals surface area contributed by atoms with Gasteiger partial charge in [0.1, 0.15) is 11.5 Å². The zero-order valence-electron chi connectivity index (χ0n) is 10.5. The molecule has 0 unspecified atom stereocenters. The van der Waals surface area contributed by atoms with Crippen LogP contribution in [0.25, 0.3) is 0 Å². The lowest BCUT2D eigenvalue weighted by Crippen LogP contribution is -2.17. The molecule has 2 aromatic rings. The second kappa shape index (κ2) is 5.34. The van der Waals surface area contributed by atoms with Crippen molar-refractivity contribution in [1.29, 1.82) is 0 Å². The summed E-state index contributed by atoms with van der Waals surface area (Å²) in [4.78, 5) is 23.1. The minimum atomic E-state index is -0.706. The molecule has 0 saturated heterocycles. The summed E-state index contributed by atoms with van der Waals surface area (Å²) in [5.74, 6) is -1.91. The Labute approximate surface area is 119 Å². The highest BCUT2D eigenvalue weighted by Gasteiger charge is 2.14. The number of aryl methyl sites for hydroxylation is 1. The number of carbonyl (C=O) groups excluding carboxylic acids is 2. The van der Waals surface area contributed by atoms with Crippen LogP contribution in [0.1, 0.15) is 20.8 Å². The minimum absolute atomic E-state index is 0.103. The predicted octanol–water partition coefficient (Wildman–Crippen LogP) is 2.17. The van der Waals surface area contributed by atoms with Gasteiger partial charge in [-0.1, -0.05) is 11.6 Å². The number of nitrogens with one attached hydrogen (secondary N) is 1. The van der Waals surface area contributed by atoms with Gasteiger partial charge in [0.15, 0.2) is 0 Å². The van der Waals surface area contributed by atoms with Crippen LogP contribution < -0.4 is 11.1 Å². The quantitative estimate of drug-likeness (QED) is 0.910. The van der Waals surface area contributed by atoms with Gasteiger partial charge in [0, 0.05) is 18.8 Å². The number of halogens is 2. The molecule has 1 aromatic carbocycles. The van der Waals surface area contributed by atoms with E-state index < -0.39 is 17.6 Å². The van der Waals surface area contributed by atoms with Gasteiger partial charge in [-0.15, -0.1) is 0 Å². The number of hydrogen-bond donors (Lipinski definition) is 2. The maximum absolute atomic E-state index is 13.6. The van der Waals surface area contributed by atoms with Crippen molar-refractivity contribution >= 4 is 29.1 Å². The molecule has 0 aliphatic rings. The lowest BCUT2D eigenvalue weighted by Gasteiger charge is -2.08. The molecular weight excluding hydrogens is 285 g/mol. The Morgan fingerprint density at radius 2 is 2.05 bits per heavy atom. The number of aromatic nitrogens is 1. The van der Waals surface area contributed by atoms with Gasteiger partial charge < -0.3 is 15.6 Å². The zero-order chi connectivity index (χ0) is 14.9. The molecule has 0 fully saturated rings. The normalized spacial score (nSPS) is 10.3. The second-order valence-electron chi connectivity index (χ2n) is 4.17. The third kappa shape index (κ3) is 2.80. The van der Waals surface area contributed by atoms with Gasteiger partial charge in [-0.25, -0.2) is 4.39 Å². The summed E-state index contributed by atoms with van der Waals surface area (Å²) in [6.07, 6.45) is 1.55. The van der Waals surface area contributed by atoms with Crippen LogP contribution in [0, 0.1) is 5.82 Å². The fourth-order valence-electron chi connectivity index (χ4n) is 1.71. The number of rotatable bonds is 3. The van der Waals surface area contributed by atoms with Crippen LogP contribution in [0.5, 0.6) is 0 Å². The van der Waals surface area contributed by atoms with E-state index in [1.54, 1.807) is 13.2 Å². The van der Waals surface area contributed by atoms with Crippen LogP contribution in [0.2, 0.25) is 5.02 Å². The van der Waals surface area contributed by atoms with E-state index >= 15 is 0 Å². The van der Waals surface area contributed by atoms with Gasteiger partial charge in [-0.05, 0) is 24.3 Å². The van der Waals surface area contributed by atoms with Crippen molar-refractivity contribution in [2.75, 3.05) is 5.32 Å². The first-order chi connectivity index (χ1) is 9.38. The van der Waals surface area contributed by atoms with Crippen molar-refractivity contribution in [2.24, 2.45) is 12.8 Å². The van der Waals surface area contributed by atoms with Crippen molar-refractivity contribution in [2.45, 2.75) is 0 Å². The van der Waals surface area contributed by atoms with Gasteiger partial charge in [-0.3, -0.25) is 9.59 Å². The van der Waals surface area contributed by atoms with Gasteiger partial charge in [-0.2, -0.15) is 0 Å². The number of nitrogens with zero attached hydrogens (tertiary/aromatic N) is 1. The fourth-order valence-corrected chi connectivity index (χ4v) is 1.96. The molecule has 3 N–H and O–H groups in total. The molecule has 1 aromatic heterocycles. The third-order valence-electron chi connectivity index (χ3n) is 2.70. The van der Waals surface area contributed by atoms with E-state index in [1.807, 2.05) is 0 Å². The average molecular weight is 296 g/mol. The molecule has 20 heavy (non-hydrogen) atoms. The number of primary amides is 1. The number of amides is 2. The largest absolute Gasteiger partial charge is 0.366 e. The van der Waals surface area contributed by atoms with Crippen molar-refractivity contribution in [3.05, 3.63) is 52.6 Å². The highest BCUT2D eigenvalue weighted by atomic mass is 35.5. The van der Waals surface area contributed by atoms with Crippen LogP contribution in [-0.4, -0.2) is 16.4 Å². The molecular formula is C13H11ClFN3O2. The topological polar surface area (TPSA) is 77.1 Å². The van der Waals surface area contributed by atoms with E-state index in [2.05, 4.69) is 5.32 Å². The van der Waals surface area contributed by atoms with E-state index in [4.69, 9.17) is 17.3 Å². The SMILES string of the molecule is Cn1cc(Cl)cc1C(=O)Nc1cc(C(N)=O)ccc1F. The molecule has 0 atom stereocenters. The highest BCUT2D eigenvalue weighted by molar-refractivity contribution is 6.31. The summed E-state index contributed by atoms with van der Waals surface area (Å²) in [5.41, 5.74) is 5.35. The summed E-state index contributed by atoms with van der Waals surface area (Å²) in [7, 11) is 1.64. The summed E-state index contributed by atoms with van der Waals surface area (Å²) >= 11 is 5.77. The van der Waals surface area contributed by atoms with E-state index in [-0.39, 0.29) is 16.9 Å². The van der Waals surface area contributed by atoms with Gasteiger partial charge in [0.25, 0.3) is 5.91 Å². The first kappa shape index (κ1) is 14.1. The first-order valence-electron chi connectivity index (χ1n) is 5.61. The van der Waals surface area contributed by atoms with Gasteiger partial charge >= 0.3 is 0 Å². The number of hydrogen-bond acceptors (Lipinski definition) is 2. The molecule has 0 aliphatic carbocycles. The van der Waals surface area contributed by atoms with Gasteiger partial charge in [0.2, 0.25) is 5.91 Å². The number of nitrogens with two attached hydrogens (primary N) is 1. The molecule has 7 heteroatoms. The second-order valence-corrected chi connectivity index (χ2v) is 4.60. The lowest BCUT2D eigenvalue weighted by molar-refractivity contribution is 0.0994. The van der Waals surface area contributed by atoms with E-state index in [1.165, 1.54) is 22.8 Å². The molecule has 0 saturated carbocycles. The molecule has 0 spiro atoms. The number of benzene rings is 1. The van der Waals surface area contributed by atoms with Crippen LogP contribution in [-0.2, 0) is 7.05 Å². The van der Waals surface area contributed by atoms with Gasteiger partial charge in [0.05, 0.1) is 10.7 Å². The Hall–Kier alpha value is -2.34. The average Bonchev–Trinajstić information content (AvgIpc) is 2.71. The molecule has 1 heterocycles. The van der Waals surface area contributed by atoms with Crippen LogP contribution in [0.3, 0.4) is 0 Å². The highest BCUT2D eigenvalue weighted by Crippen LogP contribution is 2.19. The molecule has 0 aliphatic heterocycles. The minimum Gasteiger partial charge on any atom is -0.366 e. The maximum atomic E-state index is 13.6. The molecule has 0 radical (unpaired) electrons. The Morgan fingerprint density at radius 1 is 1.35 bits per heavy atom. The summed E-state index contributed by atoms with van der Waals surface area (Å²) in [5, 5.41) is 2.77. The molecule has 5 nitrogen and oxygen atoms in total. The smallest absolute Gasteiger partial charge is 0.272 e. The number of carbonyl (C=O) groups is 2. The molecule has 2 rings (SSSR count). The Morgan fingerprint density at radius 3 is 2.60 bits per heavy atom. The van der Waals surface area contributed by atoms with Crippen LogP contribution in [0.4, 0.5) is 10.1 Å². The monoisotopic (exact) mass is 295 g/mol. The van der Waals surface area contributed by atoms with E-state index in [0.29, 0.717) is 5.02 Å². The third-order valence-corrected chi connectivity index (χ3v) is 2.91. The Bertz CT molecular complexity index is 697.